The van der Waals surface area contributed by atoms with E-state index in [9.17, 15) is 9.59 Å². The highest BCUT2D eigenvalue weighted by Crippen LogP contribution is 2.29. The molecule has 0 saturated carbocycles. The molecule has 1 saturated heterocycles. The zero-order chi connectivity index (χ0) is 13.3. The largest absolute Gasteiger partial charge is 0.496 e. The monoisotopic (exact) mass is 251 g/mol. The molecular weight excluding hydrogens is 238 g/mol. The highest BCUT2D eigenvalue weighted by Gasteiger charge is 2.31. The quantitative estimate of drug-likeness (QED) is 0.885. The smallest absolute Gasteiger partial charge is 0.414 e. The summed E-state index contributed by atoms with van der Waals surface area (Å²) in [6.45, 7) is 2.17. The number of benzene rings is 1. The van der Waals surface area contributed by atoms with E-state index in [1.807, 2.05) is 6.92 Å². The lowest BCUT2D eigenvalue weighted by Crippen LogP contribution is -2.30. The molecule has 96 valence electrons. The molecule has 1 fully saturated rings. The van der Waals surface area contributed by atoms with Crippen molar-refractivity contribution in [2.45, 2.75) is 13.0 Å². The number of carboxylic acids is 1. The van der Waals surface area contributed by atoms with Gasteiger partial charge in [0, 0.05) is 6.07 Å². The third-order valence-electron chi connectivity index (χ3n) is 2.78. The number of amides is 1. The number of hydrogen-bond acceptors (Lipinski definition) is 4. The number of rotatable bonds is 3. The van der Waals surface area contributed by atoms with Gasteiger partial charge in [0.2, 0.25) is 0 Å². The molecule has 6 heteroatoms. The first kappa shape index (κ1) is 12.2. The molecule has 0 radical (unpaired) electrons. The van der Waals surface area contributed by atoms with E-state index in [1.54, 1.807) is 6.07 Å². The number of ether oxygens (including phenoxy) is 2. The lowest BCUT2D eigenvalue weighted by Gasteiger charge is -2.19. The molecule has 2 rings (SSSR count). The lowest BCUT2D eigenvalue weighted by atomic mass is 10.1. The van der Waals surface area contributed by atoms with Gasteiger partial charge in [0.05, 0.1) is 18.8 Å². The number of carbonyl (C=O) groups is 2. The standard InChI is InChI=1S/C12H13NO5/c1-7-6-18-12(16)13(7)8-3-4-9(11(14)15)10(5-8)17-2/h3-5,7H,6H2,1-2H3,(H,14,15). The minimum absolute atomic E-state index is 0.0569. The molecule has 1 aliphatic heterocycles. The Morgan fingerprint density at radius 3 is 2.78 bits per heavy atom. The van der Waals surface area contributed by atoms with Crippen molar-refractivity contribution in [3.8, 4) is 5.75 Å². The third-order valence-corrected chi connectivity index (χ3v) is 2.78. The van der Waals surface area contributed by atoms with Crippen LogP contribution in [-0.2, 0) is 4.74 Å². The maximum atomic E-state index is 11.6. The normalized spacial score (nSPS) is 18.7. The summed E-state index contributed by atoms with van der Waals surface area (Å²) in [5.74, 6) is -0.859. The molecule has 1 atom stereocenters. The fourth-order valence-electron chi connectivity index (χ4n) is 1.88. The Morgan fingerprint density at radius 2 is 2.28 bits per heavy atom. The average Bonchev–Trinajstić information content (AvgIpc) is 2.68. The van der Waals surface area contributed by atoms with Crippen LogP contribution < -0.4 is 9.64 Å². The van der Waals surface area contributed by atoms with Gasteiger partial charge >= 0.3 is 12.1 Å². The molecule has 1 aliphatic rings. The fourth-order valence-corrected chi connectivity index (χ4v) is 1.88. The van der Waals surface area contributed by atoms with Gasteiger partial charge in [-0.05, 0) is 19.1 Å². The molecule has 6 nitrogen and oxygen atoms in total. The van der Waals surface area contributed by atoms with Crippen molar-refractivity contribution in [1.29, 1.82) is 0 Å². The van der Waals surface area contributed by atoms with Crippen molar-refractivity contribution in [1.82, 2.24) is 0 Å². The molecule has 1 heterocycles. The van der Waals surface area contributed by atoms with Crippen LogP contribution in [0.15, 0.2) is 18.2 Å². The molecule has 0 bridgehead atoms. The van der Waals surface area contributed by atoms with Gasteiger partial charge in [0.25, 0.3) is 0 Å². The zero-order valence-electron chi connectivity index (χ0n) is 10.0. The van der Waals surface area contributed by atoms with Crippen LogP contribution in [0.25, 0.3) is 0 Å². The summed E-state index contributed by atoms with van der Waals surface area (Å²) >= 11 is 0. The number of hydrogen-bond donors (Lipinski definition) is 1. The van der Waals surface area contributed by atoms with E-state index in [4.69, 9.17) is 14.6 Å². The summed E-state index contributed by atoms with van der Waals surface area (Å²) in [4.78, 5) is 24.0. The molecular formula is C12H13NO5. The SMILES string of the molecule is COc1cc(N2C(=O)OCC2C)ccc1C(=O)O. The predicted octanol–water partition coefficient (Wildman–Crippen LogP) is 1.74. The van der Waals surface area contributed by atoms with Gasteiger partial charge in [-0.3, -0.25) is 4.90 Å². The number of carboxylic acid groups (broad SMARTS) is 1. The van der Waals surface area contributed by atoms with Gasteiger partial charge in [0.1, 0.15) is 17.9 Å². The van der Waals surface area contributed by atoms with Crippen LogP contribution in [0.1, 0.15) is 17.3 Å². The van der Waals surface area contributed by atoms with Crippen molar-refractivity contribution in [3.63, 3.8) is 0 Å². The van der Waals surface area contributed by atoms with Gasteiger partial charge in [-0.2, -0.15) is 0 Å². The number of nitrogens with zero attached hydrogens (tertiary/aromatic N) is 1. The zero-order valence-corrected chi connectivity index (χ0v) is 10.0. The van der Waals surface area contributed by atoms with Crippen molar-refractivity contribution in [2.24, 2.45) is 0 Å². The minimum Gasteiger partial charge on any atom is -0.496 e. The molecule has 1 amide bonds. The Morgan fingerprint density at radius 1 is 1.56 bits per heavy atom. The Bertz CT molecular complexity index is 499. The topological polar surface area (TPSA) is 76.1 Å². The second kappa shape index (κ2) is 4.56. The van der Waals surface area contributed by atoms with Crippen LogP contribution in [0.4, 0.5) is 10.5 Å². The predicted molar refractivity (Wildman–Crippen MR) is 63.2 cm³/mol. The molecule has 18 heavy (non-hydrogen) atoms. The van der Waals surface area contributed by atoms with E-state index in [0.717, 1.165) is 0 Å². The first-order chi connectivity index (χ1) is 8.54. The van der Waals surface area contributed by atoms with Crippen molar-refractivity contribution in [3.05, 3.63) is 23.8 Å². The van der Waals surface area contributed by atoms with Crippen LogP contribution in [0.5, 0.6) is 5.75 Å². The van der Waals surface area contributed by atoms with Crippen LogP contribution >= 0.6 is 0 Å². The van der Waals surface area contributed by atoms with E-state index in [-0.39, 0.29) is 17.4 Å². The Labute approximate surface area is 104 Å². The average molecular weight is 251 g/mol. The van der Waals surface area contributed by atoms with Crippen LogP contribution in [0.3, 0.4) is 0 Å². The summed E-state index contributed by atoms with van der Waals surface area (Å²) < 4.78 is 9.93. The Balaban J connectivity index is 2.41. The van der Waals surface area contributed by atoms with E-state index >= 15 is 0 Å². The molecule has 1 aromatic rings. The number of methoxy groups -OCH3 is 1. The lowest BCUT2D eigenvalue weighted by molar-refractivity contribution is 0.0693. The first-order valence-electron chi connectivity index (χ1n) is 5.42. The molecule has 0 aromatic heterocycles. The summed E-state index contributed by atoms with van der Waals surface area (Å²) in [6, 6.07) is 4.41. The number of anilines is 1. The molecule has 1 unspecified atom stereocenters. The summed E-state index contributed by atoms with van der Waals surface area (Å²) in [6.07, 6.45) is -0.437. The Hall–Kier alpha value is -2.24. The number of cyclic esters (lactones) is 1. The van der Waals surface area contributed by atoms with Gasteiger partial charge < -0.3 is 14.6 Å². The Kier molecular flexibility index (Phi) is 3.10. The van der Waals surface area contributed by atoms with Gasteiger partial charge in [-0.25, -0.2) is 9.59 Å². The highest BCUT2D eigenvalue weighted by atomic mass is 16.6. The van der Waals surface area contributed by atoms with Crippen molar-refractivity contribution in [2.75, 3.05) is 18.6 Å². The molecule has 0 spiro atoms. The summed E-state index contributed by atoms with van der Waals surface area (Å²) in [5.41, 5.74) is 0.619. The second-order valence-electron chi connectivity index (χ2n) is 3.99. The molecule has 1 aromatic carbocycles. The van der Waals surface area contributed by atoms with Gasteiger partial charge in [-0.15, -0.1) is 0 Å². The van der Waals surface area contributed by atoms with E-state index in [2.05, 4.69) is 0 Å². The minimum atomic E-state index is -1.07. The third kappa shape index (κ3) is 1.97. The number of carbonyl (C=O) groups excluding carboxylic acids is 1. The van der Waals surface area contributed by atoms with Gasteiger partial charge in [-0.1, -0.05) is 0 Å². The van der Waals surface area contributed by atoms with Crippen LogP contribution in [-0.4, -0.2) is 36.9 Å². The molecule has 0 aliphatic carbocycles. The molecule has 1 N–H and O–H groups in total. The number of aromatic carboxylic acids is 1. The first-order valence-corrected chi connectivity index (χ1v) is 5.42. The maximum absolute atomic E-state index is 11.6. The summed E-state index contributed by atoms with van der Waals surface area (Å²) in [5, 5.41) is 8.97. The van der Waals surface area contributed by atoms with Crippen LogP contribution in [0, 0.1) is 0 Å². The van der Waals surface area contributed by atoms with Crippen molar-refractivity contribution < 1.29 is 24.2 Å². The van der Waals surface area contributed by atoms with Crippen molar-refractivity contribution >= 4 is 17.7 Å². The van der Waals surface area contributed by atoms with E-state index in [0.29, 0.717) is 12.3 Å². The highest BCUT2D eigenvalue weighted by molar-refractivity contribution is 5.94. The van der Waals surface area contributed by atoms with E-state index in [1.165, 1.54) is 24.1 Å². The fraction of sp³-hybridized carbons (Fsp3) is 0.333. The summed E-state index contributed by atoms with van der Waals surface area (Å²) in [7, 11) is 1.39. The van der Waals surface area contributed by atoms with E-state index < -0.39 is 12.1 Å². The van der Waals surface area contributed by atoms with Gasteiger partial charge in [0.15, 0.2) is 0 Å². The van der Waals surface area contributed by atoms with Crippen LogP contribution in [0.2, 0.25) is 0 Å². The second-order valence-corrected chi connectivity index (χ2v) is 3.99. The maximum Gasteiger partial charge on any atom is 0.414 e.